The lowest BCUT2D eigenvalue weighted by molar-refractivity contribution is 0.112. The van der Waals surface area contributed by atoms with E-state index in [1.54, 1.807) is 11.8 Å². The van der Waals surface area contributed by atoms with Crippen molar-refractivity contribution in [2.45, 2.75) is 36.5 Å². The minimum atomic E-state index is 0.788. The normalized spacial score (nSPS) is 12.8. The Kier molecular flexibility index (Phi) is 4.02. The Bertz CT molecular complexity index is 681. The number of carbonyl (C=O) groups excluding carboxylic acids is 1. The summed E-state index contributed by atoms with van der Waals surface area (Å²) in [6.45, 7) is 5.24. The number of anilines is 2. The van der Waals surface area contributed by atoms with Crippen molar-refractivity contribution in [3.8, 4) is 0 Å². The zero-order valence-electron chi connectivity index (χ0n) is 12.4. The molecule has 1 aliphatic heterocycles. The summed E-state index contributed by atoms with van der Waals surface area (Å²) in [7, 11) is 0. The number of rotatable bonds is 4. The summed E-state index contributed by atoms with van der Waals surface area (Å²) in [5, 5.41) is 0. The van der Waals surface area contributed by atoms with Gasteiger partial charge in [-0.2, -0.15) is 0 Å². The van der Waals surface area contributed by atoms with Crippen LogP contribution in [0.4, 0.5) is 11.4 Å². The number of benzene rings is 2. The second kappa shape index (κ2) is 5.94. The minimum absolute atomic E-state index is 0.788. The summed E-state index contributed by atoms with van der Waals surface area (Å²) in [6, 6.07) is 12.7. The van der Waals surface area contributed by atoms with Crippen LogP contribution in [0.1, 0.15) is 35.7 Å². The Labute approximate surface area is 130 Å². The van der Waals surface area contributed by atoms with Gasteiger partial charge in [-0.05, 0) is 43.2 Å². The summed E-state index contributed by atoms with van der Waals surface area (Å²) >= 11 is 1.76. The van der Waals surface area contributed by atoms with Crippen LogP contribution in [0.3, 0.4) is 0 Å². The molecule has 0 N–H and O–H groups in total. The van der Waals surface area contributed by atoms with Crippen LogP contribution in [0.15, 0.2) is 46.2 Å². The van der Waals surface area contributed by atoms with Crippen molar-refractivity contribution in [3.63, 3.8) is 0 Å². The fourth-order valence-corrected chi connectivity index (χ4v) is 3.81. The third kappa shape index (κ3) is 2.58. The van der Waals surface area contributed by atoms with E-state index in [-0.39, 0.29) is 0 Å². The van der Waals surface area contributed by atoms with E-state index in [2.05, 4.69) is 42.2 Å². The number of para-hydroxylation sites is 1. The van der Waals surface area contributed by atoms with Crippen molar-refractivity contribution in [1.29, 1.82) is 0 Å². The van der Waals surface area contributed by atoms with Crippen molar-refractivity contribution >= 4 is 29.4 Å². The van der Waals surface area contributed by atoms with Crippen molar-refractivity contribution < 1.29 is 4.79 Å². The SMILES string of the molecule is CCCCN1c2ccccc2Sc2cc(C=O)c(C)cc21. The van der Waals surface area contributed by atoms with Crippen LogP contribution in [0.25, 0.3) is 0 Å². The summed E-state index contributed by atoms with van der Waals surface area (Å²) in [5.41, 5.74) is 4.35. The summed E-state index contributed by atoms with van der Waals surface area (Å²) in [4.78, 5) is 16.0. The van der Waals surface area contributed by atoms with E-state index in [1.165, 1.54) is 27.6 Å². The number of hydrogen-bond acceptors (Lipinski definition) is 3. The molecule has 2 aromatic carbocycles. The molecule has 21 heavy (non-hydrogen) atoms. The van der Waals surface area contributed by atoms with E-state index < -0.39 is 0 Å². The van der Waals surface area contributed by atoms with Crippen LogP contribution >= 0.6 is 11.8 Å². The highest BCUT2D eigenvalue weighted by Crippen LogP contribution is 2.48. The molecule has 0 amide bonds. The Balaban J connectivity index is 2.12. The van der Waals surface area contributed by atoms with Gasteiger partial charge in [0.1, 0.15) is 6.29 Å². The Hall–Kier alpha value is -1.74. The van der Waals surface area contributed by atoms with Gasteiger partial charge >= 0.3 is 0 Å². The standard InChI is InChI=1S/C18H19NOS/c1-3-4-9-19-15-7-5-6-8-17(15)21-18-11-14(12-20)13(2)10-16(18)19/h5-8,10-12H,3-4,9H2,1-2H3. The first-order valence-corrected chi connectivity index (χ1v) is 8.20. The topological polar surface area (TPSA) is 20.3 Å². The average molecular weight is 297 g/mol. The minimum Gasteiger partial charge on any atom is -0.340 e. The highest BCUT2D eigenvalue weighted by atomic mass is 32.2. The molecule has 1 heterocycles. The van der Waals surface area contributed by atoms with Crippen LogP contribution in [-0.2, 0) is 0 Å². The van der Waals surface area contributed by atoms with Crippen LogP contribution in [0, 0.1) is 6.92 Å². The van der Waals surface area contributed by atoms with Gasteiger partial charge in [-0.3, -0.25) is 4.79 Å². The predicted molar refractivity (Wildman–Crippen MR) is 89.0 cm³/mol. The molecule has 1 aliphatic rings. The quantitative estimate of drug-likeness (QED) is 0.722. The fourth-order valence-electron chi connectivity index (χ4n) is 2.68. The van der Waals surface area contributed by atoms with Gasteiger partial charge in [0.2, 0.25) is 0 Å². The molecular formula is C18H19NOS. The molecular weight excluding hydrogens is 278 g/mol. The molecule has 0 aliphatic carbocycles. The van der Waals surface area contributed by atoms with E-state index in [4.69, 9.17) is 0 Å². The summed E-state index contributed by atoms with van der Waals surface area (Å²) < 4.78 is 0. The van der Waals surface area contributed by atoms with E-state index in [9.17, 15) is 4.79 Å². The highest BCUT2D eigenvalue weighted by Gasteiger charge is 2.23. The first-order chi connectivity index (χ1) is 10.2. The summed E-state index contributed by atoms with van der Waals surface area (Å²) in [6.07, 6.45) is 3.28. The summed E-state index contributed by atoms with van der Waals surface area (Å²) in [5.74, 6) is 0. The van der Waals surface area contributed by atoms with Crippen LogP contribution in [0.2, 0.25) is 0 Å². The first kappa shape index (κ1) is 14.2. The van der Waals surface area contributed by atoms with E-state index >= 15 is 0 Å². The number of aryl methyl sites for hydroxylation is 1. The molecule has 3 rings (SSSR count). The van der Waals surface area contributed by atoms with Gasteiger partial charge < -0.3 is 4.90 Å². The van der Waals surface area contributed by atoms with Crippen LogP contribution in [-0.4, -0.2) is 12.8 Å². The molecule has 108 valence electrons. The third-order valence-electron chi connectivity index (χ3n) is 3.88. The fraction of sp³-hybridized carbons (Fsp3) is 0.278. The maximum atomic E-state index is 11.2. The lowest BCUT2D eigenvalue weighted by Gasteiger charge is -2.33. The largest absolute Gasteiger partial charge is 0.340 e. The Morgan fingerprint density at radius 2 is 1.95 bits per heavy atom. The van der Waals surface area contributed by atoms with Crippen LogP contribution < -0.4 is 4.90 Å². The second-order valence-electron chi connectivity index (χ2n) is 5.37. The number of hydrogen-bond donors (Lipinski definition) is 0. The molecule has 2 nitrogen and oxygen atoms in total. The van der Waals surface area contributed by atoms with Gasteiger partial charge in [-0.25, -0.2) is 0 Å². The van der Waals surface area contributed by atoms with Crippen molar-refractivity contribution in [1.82, 2.24) is 0 Å². The van der Waals surface area contributed by atoms with Crippen LogP contribution in [0.5, 0.6) is 0 Å². The van der Waals surface area contributed by atoms with Gasteiger partial charge in [0.15, 0.2) is 0 Å². The molecule has 0 unspecified atom stereocenters. The zero-order valence-corrected chi connectivity index (χ0v) is 13.2. The number of fused-ring (bicyclic) bond motifs is 2. The Morgan fingerprint density at radius 1 is 1.14 bits per heavy atom. The van der Waals surface area contributed by atoms with Gasteiger partial charge in [0.25, 0.3) is 0 Å². The monoisotopic (exact) mass is 297 g/mol. The predicted octanol–water partition coefficient (Wildman–Crippen LogP) is 5.21. The number of nitrogens with zero attached hydrogens (tertiary/aromatic N) is 1. The van der Waals surface area contributed by atoms with Crippen molar-refractivity contribution in [3.05, 3.63) is 47.5 Å². The first-order valence-electron chi connectivity index (χ1n) is 7.39. The maximum absolute atomic E-state index is 11.2. The zero-order chi connectivity index (χ0) is 14.8. The highest BCUT2D eigenvalue weighted by molar-refractivity contribution is 7.99. The Morgan fingerprint density at radius 3 is 2.71 bits per heavy atom. The second-order valence-corrected chi connectivity index (χ2v) is 6.45. The van der Waals surface area contributed by atoms with Gasteiger partial charge in [-0.15, -0.1) is 0 Å². The van der Waals surface area contributed by atoms with Gasteiger partial charge in [-0.1, -0.05) is 37.2 Å². The molecule has 0 spiro atoms. The lowest BCUT2D eigenvalue weighted by atomic mass is 10.1. The van der Waals surface area contributed by atoms with E-state index in [0.717, 1.165) is 30.4 Å². The molecule has 0 atom stereocenters. The molecule has 0 saturated carbocycles. The molecule has 0 bridgehead atoms. The molecule has 2 aromatic rings. The third-order valence-corrected chi connectivity index (χ3v) is 4.99. The van der Waals surface area contributed by atoms with E-state index in [1.807, 2.05) is 13.0 Å². The molecule has 0 saturated heterocycles. The lowest BCUT2D eigenvalue weighted by Crippen LogP contribution is -2.22. The van der Waals surface area contributed by atoms with E-state index in [0.29, 0.717) is 0 Å². The number of carbonyl (C=O) groups is 1. The van der Waals surface area contributed by atoms with Gasteiger partial charge in [0.05, 0.1) is 11.4 Å². The smallest absolute Gasteiger partial charge is 0.150 e. The number of unbranched alkanes of at least 4 members (excludes halogenated alkanes) is 1. The molecule has 0 fully saturated rings. The maximum Gasteiger partial charge on any atom is 0.150 e. The number of aldehydes is 1. The van der Waals surface area contributed by atoms with Crippen molar-refractivity contribution in [2.24, 2.45) is 0 Å². The van der Waals surface area contributed by atoms with Gasteiger partial charge in [0, 0.05) is 21.9 Å². The molecule has 0 aromatic heterocycles. The van der Waals surface area contributed by atoms with Crippen molar-refractivity contribution in [2.75, 3.05) is 11.4 Å². The average Bonchev–Trinajstić information content (AvgIpc) is 2.51. The molecule has 3 heteroatoms. The molecule has 0 radical (unpaired) electrons.